The van der Waals surface area contributed by atoms with Crippen LogP contribution in [0.25, 0.3) is 0 Å². The standard InChI is InChI=1S/C10H21N3O3/c1-7(2)8(16-3)5-12-10(15)6-13-9(14)4-11/h7-8H,4-6,11H2,1-3H3,(H,12,15)(H,13,14). The summed E-state index contributed by atoms with van der Waals surface area (Å²) < 4.78 is 5.19. The van der Waals surface area contributed by atoms with E-state index in [1.165, 1.54) is 0 Å². The number of hydrogen-bond acceptors (Lipinski definition) is 4. The van der Waals surface area contributed by atoms with E-state index < -0.39 is 0 Å². The second kappa shape index (κ2) is 8.06. The maximum absolute atomic E-state index is 11.3. The van der Waals surface area contributed by atoms with Gasteiger partial charge in [-0.05, 0) is 5.92 Å². The molecule has 6 nitrogen and oxygen atoms in total. The van der Waals surface area contributed by atoms with Crippen LogP contribution in [0.2, 0.25) is 0 Å². The molecule has 0 heterocycles. The van der Waals surface area contributed by atoms with Crippen molar-refractivity contribution >= 4 is 11.8 Å². The minimum Gasteiger partial charge on any atom is -0.379 e. The van der Waals surface area contributed by atoms with Gasteiger partial charge in [0.1, 0.15) is 0 Å². The highest BCUT2D eigenvalue weighted by atomic mass is 16.5. The van der Waals surface area contributed by atoms with Crippen LogP contribution in [0, 0.1) is 5.92 Å². The number of carbonyl (C=O) groups is 2. The Morgan fingerprint density at radius 2 is 1.88 bits per heavy atom. The number of amides is 2. The number of carbonyl (C=O) groups excluding carboxylic acids is 2. The first kappa shape index (κ1) is 14.9. The number of nitrogens with two attached hydrogens (primary N) is 1. The van der Waals surface area contributed by atoms with Crippen LogP contribution in [0.5, 0.6) is 0 Å². The monoisotopic (exact) mass is 231 g/mol. The summed E-state index contributed by atoms with van der Waals surface area (Å²) in [6.07, 6.45) is -0.0193. The molecule has 16 heavy (non-hydrogen) atoms. The fraction of sp³-hybridized carbons (Fsp3) is 0.800. The Hall–Kier alpha value is -1.14. The molecule has 94 valence electrons. The van der Waals surface area contributed by atoms with Crippen molar-refractivity contribution in [1.29, 1.82) is 0 Å². The molecule has 0 saturated heterocycles. The molecule has 0 aromatic rings. The second-order valence-electron chi connectivity index (χ2n) is 3.80. The Labute approximate surface area is 95.9 Å². The molecule has 2 amide bonds. The lowest BCUT2D eigenvalue weighted by Gasteiger charge is -2.19. The largest absolute Gasteiger partial charge is 0.379 e. The average Bonchev–Trinajstić information content (AvgIpc) is 2.26. The third-order valence-corrected chi connectivity index (χ3v) is 2.18. The molecule has 0 saturated carbocycles. The lowest BCUT2D eigenvalue weighted by molar-refractivity contribution is -0.125. The van der Waals surface area contributed by atoms with Crippen molar-refractivity contribution in [2.75, 3.05) is 26.7 Å². The summed E-state index contributed by atoms with van der Waals surface area (Å²) in [6.45, 7) is 4.29. The molecule has 4 N–H and O–H groups in total. The van der Waals surface area contributed by atoms with Gasteiger partial charge >= 0.3 is 0 Å². The van der Waals surface area contributed by atoms with Gasteiger partial charge in [0.25, 0.3) is 0 Å². The van der Waals surface area contributed by atoms with Gasteiger partial charge in [-0.25, -0.2) is 0 Å². The molecule has 0 aromatic carbocycles. The molecule has 1 atom stereocenters. The normalized spacial score (nSPS) is 12.3. The summed E-state index contributed by atoms with van der Waals surface area (Å²) in [7, 11) is 1.60. The highest BCUT2D eigenvalue weighted by molar-refractivity contribution is 5.85. The Balaban J connectivity index is 3.75. The van der Waals surface area contributed by atoms with Crippen molar-refractivity contribution in [3.05, 3.63) is 0 Å². The van der Waals surface area contributed by atoms with E-state index in [0.29, 0.717) is 12.5 Å². The van der Waals surface area contributed by atoms with Gasteiger partial charge in [-0.1, -0.05) is 13.8 Å². The van der Waals surface area contributed by atoms with Gasteiger partial charge < -0.3 is 21.1 Å². The highest BCUT2D eigenvalue weighted by Crippen LogP contribution is 2.03. The minimum absolute atomic E-state index is 0.0193. The van der Waals surface area contributed by atoms with Crippen LogP contribution in [0.1, 0.15) is 13.8 Å². The molecule has 0 aliphatic carbocycles. The van der Waals surface area contributed by atoms with Crippen LogP contribution in [-0.4, -0.2) is 44.7 Å². The Morgan fingerprint density at radius 3 is 2.31 bits per heavy atom. The molecule has 0 radical (unpaired) electrons. The number of methoxy groups -OCH3 is 1. The van der Waals surface area contributed by atoms with E-state index in [4.69, 9.17) is 10.5 Å². The zero-order chi connectivity index (χ0) is 12.6. The van der Waals surface area contributed by atoms with Gasteiger partial charge in [0.05, 0.1) is 19.2 Å². The Kier molecular flexibility index (Phi) is 7.49. The van der Waals surface area contributed by atoms with Crippen molar-refractivity contribution in [3.8, 4) is 0 Å². The molecule has 0 aromatic heterocycles. The number of nitrogens with one attached hydrogen (secondary N) is 2. The quantitative estimate of drug-likeness (QED) is 0.515. The molecule has 0 aliphatic heterocycles. The van der Waals surface area contributed by atoms with Crippen molar-refractivity contribution < 1.29 is 14.3 Å². The molecule has 0 aliphatic rings. The average molecular weight is 231 g/mol. The van der Waals surface area contributed by atoms with Crippen molar-refractivity contribution in [2.24, 2.45) is 11.7 Å². The van der Waals surface area contributed by atoms with E-state index in [-0.39, 0.29) is 31.0 Å². The molecule has 0 fully saturated rings. The van der Waals surface area contributed by atoms with Crippen LogP contribution in [-0.2, 0) is 14.3 Å². The summed E-state index contributed by atoms with van der Waals surface area (Å²) in [5.41, 5.74) is 5.08. The summed E-state index contributed by atoms with van der Waals surface area (Å²) in [5, 5.41) is 5.06. The van der Waals surface area contributed by atoms with E-state index in [2.05, 4.69) is 10.6 Å². The van der Waals surface area contributed by atoms with Crippen LogP contribution in [0.4, 0.5) is 0 Å². The SMILES string of the molecule is COC(CNC(=O)CNC(=O)CN)C(C)C. The van der Waals surface area contributed by atoms with Crippen LogP contribution in [0.15, 0.2) is 0 Å². The Morgan fingerprint density at radius 1 is 1.25 bits per heavy atom. The second-order valence-corrected chi connectivity index (χ2v) is 3.80. The van der Waals surface area contributed by atoms with Crippen molar-refractivity contribution in [3.63, 3.8) is 0 Å². The van der Waals surface area contributed by atoms with E-state index in [9.17, 15) is 9.59 Å². The highest BCUT2D eigenvalue weighted by Gasteiger charge is 2.13. The molecule has 0 spiro atoms. The molecule has 0 rings (SSSR count). The van der Waals surface area contributed by atoms with Gasteiger partial charge in [-0.15, -0.1) is 0 Å². The third-order valence-electron chi connectivity index (χ3n) is 2.18. The first-order chi connectivity index (χ1) is 7.51. The molecule has 0 bridgehead atoms. The summed E-state index contributed by atoms with van der Waals surface area (Å²) in [5.74, 6) is -0.268. The van der Waals surface area contributed by atoms with E-state index in [1.54, 1.807) is 7.11 Å². The first-order valence-corrected chi connectivity index (χ1v) is 5.27. The summed E-state index contributed by atoms with van der Waals surface area (Å²) >= 11 is 0. The zero-order valence-electron chi connectivity index (χ0n) is 10.1. The van der Waals surface area contributed by atoms with Crippen LogP contribution >= 0.6 is 0 Å². The van der Waals surface area contributed by atoms with Gasteiger partial charge in [0, 0.05) is 13.7 Å². The number of ether oxygens (including phenoxy) is 1. The molecule has 1 unspecified atom stereocenters. The van der Waals surface area contributed by atoms with Crippen molar-refractivity contribution in [1.82, 2.24) is 10.6 Å². The van der Waals surface area contributed by atoms with E-state index in [0.717, 1.165) is 0 Å². The van der Waals surface area contributed by atoms with Crippen LogP contribution in [0.3, 0.4) is 0 Å². The third kappa shape index (κ3) is 6.36. The molecular weight excluding hydrogens is 210 g/mol. The fourth-order valence-electron chi connectivity index (χ4n) is 1.12. The van der Waals surface area contributed by atoms with Gasteiger partial charge in [-0.2, -0.15) is 0 Å². The predicted molar refractivity (Wildman–Crippen MR) is 60.7 cm³/mol. The summed E-state index contributed by atoms with van der Waals surface area (Å²) in [4.78, 5) is 22.1. The van der Waals surface area contributed by atoms with E-state index in [1.807, 2.05) is 13.8 Å². The van der Waals surface area contributed by atoms with Gasteiger partial charge in [0.15, 0.2) is 0 Å². The number of hydrogen-bond donors (Lipinski definition) is 3. The zero-order valence-corrected chi connectivity index (χ0v) is 10.1. The van der Waals surface area contributed by atoms with Gasteiger partial charge in [-0.3, -0.25) is 9.59 Å². The topological polar surface area (TPSA) is 93.5 Å². The lowest BCUT2D eigenvalue weighted by atomic mass is 10.1. The summed E-state index contributed by atoms with van der Waals surface area (Å²) in [6, 6.07) is 0. The maximum Gasteiger partial charge on any atom is 0.239 e. The smallest absolute Gasteiger partial charge is 0.239 e. The van der Waals surface area contributed by atoms with Crippen molar-refractivity contribution in [2.45, 2.75) is 20.0 Å². The number of rotatable bonds is 7. The Bertz CT molecular complexity index is 231. The fourth-order valence-corrected chi connectivity index (χ4v) is 1.12. The van der Waals surface area contributed by atoms with Gasteiger partial charge in [0.2, 0.25) is 11.8 Å². The minimum atomic E-state index is -0.345. The van der Waals surface area contributed by atoms with Crippen LogP contribution < -0.4 is 16.4 Å². The van der Waals surface area contributed by atoms with E-state index >= 15 is 0 Å². The molecule has 6 heteroatoms. The first-order valence-electron chi connectivity index (χ1n) is 5.27. The maximum atomic E-state index is 11.3. The predicted octanol–water partition coefficient (Wildman–Crippen LogP) is -1.15. The molecular formula is C10H21N3O3. The lowest BCUT2D eigenvalue weighted by Crippen LogP contribution is -2.42.